The number of para-hydroxylation sites is 1. The Morgan fingerprint density at radius 3 is 2.88 bits per heavy atom. The molecule has 0 atom stereocenters. The van der Waals surface area contributed by atoms with Crippen LogP contribution in [0.15, 0.2) is 24.3 Å². The zero-order chi connectivity index (χ0) is 11.4. The van der Waals surface area contributed by atoms with E-state index in [9.17, 15) is 4.79 Å². The lowest BCUT2D eigenvalue weighted by atomic mass is 9.99. The molecule has 1 fully saturated rings. The van der Waals surface area contributed by atoms with Gasteiger partial charge < -0.3 is 10.6 Å². The second-order valence-corrected chi connectivity index (χ2v) is 3.93. The highest BCUT2D eigenvalue weighted by atomic mass is 16.1. The Balaban J connectivity index is 1.97. The van der Waals surface area contributed by atoms with Gasteiger partial charge in [0.2, 0.25) is 5.91 Å². The molecule has 2 N–H and O–H groups in total. The number of benzene rings is 1. The average molecular weight is 215 g/mol. The maximum absolute atomic E-state index is 11.6. The SMILES string of the molecule is N#Cc1ccccc1NC(=O)CC1CNC1. The van der Waals surface area contributed by atoms with E-state index in [0.717, 1.165) is 13.1 Å². The smallest absolute Gasteiger partial charge is 0.224 e. The summed E-state index contributed by atoms with van der Waals surface area (Å²) in [7, 11) is 0. The Hall–Kier alpha value is -1.86. The number of anilines is 1. The highest BCUT2D eigenvalue weighted by Crippen LogP contribution is 2.15. The fraction of sp³-hybridized carbons (Fsp3) is 0.333. The minimum absolute atomic E-state index is 0.0193. The van der Waals surface area contributed by atoms with Crippen molar-refractivity contribution in [3.05, 3.63) is 29.8 Å². The summed E-state index contributed by atoms with van der Waals surface area (Å²) in [6.07, 6.45) is 0.521. The maximum Gasteiger partial charge on any atom is 0.224 e. The summed E-state index contributed by atoms with van der Waals surface area (Å²) >= 11 is 0. The average Bonchev–Trinajstić information content (AvgIpc) is 2.24. The number of hydrogen-bond acceptors (Lipinski definition) is 3. The number of rotatable bonds is 3. The van der Waals surface area contributed by atoms with Crippen molar-refractivity contribution in [2.24, 2.45) is 5.92 Å². The van der Waals surface area contributed by atoms with Gasteiger partial charge in [0.25, 0.3) is 0 Å². The standard InChI is InChI=1S/C12H13N3O/c13-6-10-3-1-2-4-11(10)15-12(16)5-9-7-14-8-9/h1-4,9,14H,5,7-8H2,(H,15,16). The molecule has 0 aromatic heterocycles. The summed E-state index contributed by atoms with van der Waals surface area (Å²) in [4.78, 5) is 11.6. The number of amides is 1. The van der Waals surface area contributed by atoms with Crippen LogP contribution >= 0.6 is 0 Å². The summed E-state index contributed by atoms with van der Waals surface area (Å²) < 4.78 is 0. The van der Waals surface area contributed by atoms with Gasteiger partial charge in [-0.2, -0.15) is 5.26 Å². The van der Waals surface area contributed by atoms with Gasteiger partial charge in [0.1, 0.15) is 6.07 Å². The topological polar surface area (TPSA) is 64.9 Å². The molecule has 0 spiro atoms. The Labute approximate surface area is 94.3 Å². The summed E-state index contributed by atoms with van der Waals surface area (Å²) in [6.45, 7) is 1.82. The molecule has 0 saturated carbocycles. The zero-order valence-electron chi connectivity index (χ0n) is 8.86. The van der Waals surface area contributed by atoms with E-state index in [4.69, 9.17) is 5.26 Å². The van der Waals surface area contributed by atoms with Crippen molar-refractivity contribution in [2.75, 3.05) is 18.4 Å². The molecule has 0 radical (unpaired) electrons. The lowest BCUT2D eigenvalue weighted by molar-refractivity contribution is -0.117. The first kappa shape index (κ1) is 10.7. The lowest BCUT2D eigenvalue weighted by Gasteiger charge is -2.26. The fourth-order valence-corrected chi connectivity index (χ4v) is 1.65. The Morgan fingerprint density at radius 2 is 2.25 bits per heavy atom. The third-order valence-corrected chi connectivity index (χ3v) is 2.66. The third kappa shape index (κ3) is 2.38. The summed E-state index contributed by atoms with van der Waals surface area (Å²) in [5, 5.41) is 14.8. The van der Waals surface area contributed by atoms with E-state index < -0.39 is 0 Å². The zero-order valence-corrected chi connectivity index (χ0v) is 8.86. The summed E-state index contributed by atoms with van der Waals surface area (Å²) in [6, 6.07) is 9.08. The van der Waals surface area contributed by atoms with Crippen molar-refractivity contribution in [3.8, 4) is 6.07 Å². The van der Waals surface area contributed by atoms with Gasteiger partial charge in [0, 0.05) is 6.42 Å². The van der Waals surface area contributed by atoms with Crippen LogP contribution < -0.4 is 10.6 Å². The van der Waals surface area contributed by atoms with Gasteiger partial charge in [-0.3, -0.25) is 4.79 Å². The summed E-state index contributed by atoms with van der Waals surface area (Å²) in [5.41, 5.74) is 1.10. The molecule has 0 bridgehead atoms. The van der Waals surface area contributed by atoms with Crippen LogP contribution in [0.1, 0.15) is 12.0 Å². The van der Waals surface area contributed by atoms with Gasteiger partial charge in [-0.05, 0) is 31.1 Å². The lowest BCUT2D eigenvalue weighted by Crippen LogP contribution is -2.43. The van der Waals surface area contributed by atoms with Crippen LogP contribution in [0.5, 0.6) is 0 Å². The van der Waals surface area contributed by atoms with E-state index in [-0.39, 0.29) is 5.91 Å². The van der Waals surface area contributed by atoms with Gasteiger partial charge in [0.05, 0.1) is 11.3 Å². The number of nitrogens with zero attached hydrogens (tertiary/aromatic N) is 1. The Morgan fingerprint density at radius 1 is 1.50 bits per heavy atom. The molecule has 1 heterocycles. The van der Waals surface area contributed by atoms with E-state index in [1.165, 1.54) is 0 Å². The first-order valence-electron chi connectivity index (χ1n) is 5.29. The molecule has 1 amide bonds. The van der Waals surface area contributed by atoms with Gasteiger partial charge in [-0.25, -0.2) is 0 Å². The molecule has 1 aliphatic heterocycles. The quantitative estimate of drug-likeness (QED) is 0.793. The molecule has 16 heavy (non-hydrogen) atoms. The molecule has 4 nitrogen and oxygen atoms in total. The first-order chi connectivity index (χ1) is 7.79. The maximum atomic E-state index is 11.6. The number of carbonyl (C=O) groups is 1. The molecule has 1 aliphatic rings. The van der Waals surface area contributed by atoms with Crippen LogP contribution in [-0.4, -0.2) is 19.0 Å². The number of carbonyl (C=O) groups excluding carboxylic acids is 1. The van der Waals surface area contributed by atoms with Gasteiger partial charge in [-0.1, -0.05) is 12.1 Å². The van der Waals surface area contributed by atoms with Crippen molar-refractivity contribution >= 4 is 11.6 Å². The summed E-state index contributed by atoms with van der Waals surface area (Å²) in [5.74, 6) is 0.420. The minimum atomic E-state index is -0.0193. The van der Waals surface area contributed by atoms with E-state index in [1.54, 1.807) is 24.3 Å². The van der Waals surface area contributed by atoms with Crippen LogP contribution in [0.2, 0.25) is 0 Å². The van der Waals surface area contributed by atoms with Crippen molar-refractivity contribution in [1.29, 1.82) is 5.26 Å². The third-order valence-electron chi connectivity index (χ3n) is 2.66. The second kappa shape index (κ2) is 4.77. The predicted molar refractivity (Wildman–Crippen MR) is 60.8 cm³/mol. The Kier molecular flexibility index (Phi) is 3.18. The monoisotopic (exact) mass is 215 g/mol. The minimum Gasteiger partial charge on any atom is -0.325 e. The number of hydrogen-bond donors (Lipinski definition) is 2. The molecule has 0 unspecified atom stereocenters. The fourth-order valence-electron chi connectivity index (χ4n) is 1.65. The number of nitriles is 1. The van der Waals surface area contributed by atoms with Crippen molar-refractivity contribution in [1.82, 2.24) is 5.32 Å². The number of nitrogens with one attached hydrogen (secondary N) is 2. The van der Waals surface area contributed by atoms with Crippen LogP contribution in [0.3, 0.4) is 0 Å². The van der Waals surface area contributed by atoms with Gasteiger partial charge >= 0.3 is 0 Å². The van der Waals surface area contributed by atoms with E-state index in [1.807, 2.05) is 0 Å². The van der Waals surface area contributed by atoms with E-state index >= 15 is 0 Å². The molecule has 0 aliphatic carbocycles. The normalized spacial score (nSPS) is 14.9. The molecule has 1 aromatic carbocycles. The molecule has 2 rings (SSSR count). The molecule has 82 valence electrons. The van der Waals surface area contributed by atoms with Crippen molar-refractivity contribution < 1.29 is 4.79 Å². The van der Waals surface area contributed by atoms with E-state index in [2.05, 4.69) is 16.7 Å². The van der Waals surface area contributed by atoms with Crippen LogP contribution in [0.25, 0.3) is 0 Å². The van der Waals surface area contributed by atoms with Crippen molar-refractivity contribution in [2.45, 2.75) is 6.42 Å². The highest BCUT2D eigenvalue weighted by molar-refractivity contribution is 5.92. The van der Waals surface area contributed by atoms with Crippen LogP contribution in [0.4, 0.5) is 5.69 Å². The predicted octanol–water partition coefficient (Wildman–Crippen LogP) is 1.11. The first-order valence-corrected chi connectivity index (χ1v) is 5.29. The van der Waals surface area contributed by atoms with Crippen LogP contribution in [0, 0.1) is 17.2 Å². The molecule has 1 saturated heterocycles. The molecular formula is C12H13N3O. The highest BCUT2D eigenvalue weighted by Gasteiger charge is 2.20. The molecular weight excluding hydrogens is 202 g/mol. The van der Waals surface area contributed by atoms with Crippen molar-refractivity contribution in [3.63, 3.8) is 0 Å². The van der Waals surface area contributed by atoms with E-state index in [0.29, 0.717) is 23.6 Å². The van der Waals surface area contributed by atoms with Crippen LogP contribution in [-0.2, 0) is 4.79 Å². The largest absolute Gasteiger partial charge is 0.325 e. The second-order valence-electron chi connectivity index (χ2n) is 3.93. The Bertz CT molecular complexity index is 432. The molecule has 1 aromatic rings. The van der Waals surface area contributed by atoms with Gasteiger partial charge in [-0.15, -0.1) is 0 Å². The molecule has 4 heteroatoms. The van der Waals surface area contributed by atoms with Gasteiger partial charge in [0.15, 0.2) is 0 Å².